The number of amides is 1. The highest BCUT2D eigenvalue weighted by Crippen LogP contribution is 2.37. The largest absolute Gasteiger partial charge is 0.486 e. The molecule has 3 aliphatic rings. The van der Waals surface area contributed by atoms with Crippen molar-refractivity contribution in [1.29, 1.82) is 0 Å². The van der Waals surface area contributed by atoms with E-state index in [0.29, 0.717) is 13.2 Å². The summed E-state index contributed by atoms with van der Waals surface area (Å²) in [5.74, 6) is 3.36. The molecule has 1 amide bonds. The average molecular weight is 460 g/mol. The molecule has 0 N–H and O–H groups in total. The third kappa shape index (κ3) is 4.54. The highest BCUT2D eigenvalue weighted by Gasteiger charge is 2.42. The lowest BCUT2D eigenvalue weighted by atomic mass is 9.92. The van der Waals surface area contributed by atoms with Gasteiger partial charge in [-0.2, -0.15) is 8.75 Å². The molecule has 8 nitrogen and oxygen atoms in total. The first-order valence-corrected chi connectivity index (χ1v) is 12.2. The van der Waals surface area contributed by atoms with Crippen LogP contribution in [0.1, 0.15) is 34.1 Å². The first-order chi connectivity index (χ1) is 15.5. The van der Waals surface area contributed by atoms with Crippen LogP contribution in [0.4, 0.5) is 11.6 Å². The van der Waals surface area contributed by atoms with Gasteiger partial charge in [0.05, 0.1) is 11.7 Å². The van der Waals surface area contributed by atoms with Gasteiger partial charge in [-0.1, -0.05) is 39.8 Å². The summed E-state index contributed by atoms with van der Waals surface area (Å²) >= 11 is 1.19. The highest BCUT2D eigenvalue weighted by atomic mass is 32.1. The molecule has 174 valence electrons. The van der Waals surface area contributed by atoms with Crippen LogP contribution < -0.4 is 19.3 Å². The Morgan fingerprint density at radius 3 is 2.41 bits per heavy atom. The van der Waals surface area contributed by atoms with Gasteiger partial charge in [-0.3, -0.25) is 14.6 Å². The number of anilines is 2. The van der Waals surface area contributed by atoms with Crippen LogP contribution in [0.5, 0.6) is 11.5 Å². The summed E-state index contributed by atoms with van der Waals surface area (Å²) in [4.78, 5) is 19.2. The number of hydrogen-bond donors (Lipinski definition) is 0. The number of rotatable bonds is 4. The van der Waals surface area contributed by atoms with E-state index in [-0.39, 0.29) is 17.4 Å². The van der Waals surface area contributed by atoms with Gasteiger partial charge in [0, 0.05) is 44.7 Å². The second kappa shape index (κ2) is 9.62. The molecule has 1 aromatic heterocycles. The van der Waals surface area contributed by atoms with Gasteiger partial charge in [0.1, 0.15) is 12.7 Å². The molecule has 3 aliphatic heterocycles. The zero-order valence-corrected chi connectivity index (χ0v) is 20.2. The lowest BCUT2D eigenvalue weighted by Gasteiger charge is -2.37. The van der Waals surface area contributed by atoms with E-state index in [9.17, 15) is 4.79 Å². The molecule has 1 aromatic carbocycles. The predicted molar refractivity (Wildman–Crippen MR) is 127 cm³/mol. The van der Waals surface area contributed by atoms with Gasteiger partial charge in [-0.25, -0.2) is 0 Å². The minimum absolute atomic E-state index is 0.0346. The lowest BCUT2D eigenvalue weighted by Crippen LogP contribution is -2.51. The van der Waals surface area contributed by atoms with Crippen molar-refractivity contribution in [1.82, 2.24) is 13.6 Å². The fourth-order valence-electron chi connectivity index (χ4n) is 4.30. The summed E-state index contributed by atoms with van der Waals surface area (Å²) in [5.41, 5.74) is -0.319. The number of para-hydroxylation sites is 2. The molecule has 2 saturated heterocycles. The standard InChI is InChI=1S/C21H27N5O3S.C2H6/c1-21(2)7-8-26(20(21)27)19-18(22-30-23-19)25-11-9-24(10-12-25)13-15-14-28-16-5-3-4-6-17(16)29-15;1-2/h3-6,15H,7-14H2,1-2H3;1-2H3/t15-;/m0./s1. The molecule has 1 atom stereocenters. The molecule has 9 heteroatoms. The SMILES string of the molecule is CC.CC1(C)CCN(c2nsnc2N2CCN(C[C@H]3COc4ccccc4O3)CC2)C1=O. The van der Waals surface area contributed by atoms with Gasteiger partial charge in [0.15, 0.2) is 23.1 Å². The van der Waals surface area contributed by atoms with Gasteiger partial charge >= 0.3 is 0 Å². The van der Waals surface area contributed by atoms with Crippen LogP contribution in [0, 0.1) is 5.41 Å². The van der Waals surface area contributed by atoms with Gasteiger partial charge in [0.2, 0.25) is 5.91 Å². The van der Waals surface area contributed by atoms with Crippen LogP contribution >= 0.6 is 11.7 Å². The average Bonchev–Trinajstić information content (AvgIpc) is 3.40. The maximum absolute atomic E-state index is 12.7. The summed E-state index contributed by atoms with van der Waals surface area (Å²) < 4.78 is 20.9. The number of aromatic nitrogens is 2. The summed E-state index contributed by atoms with van der Waals surface area (Å²) in [6.07, 6.45) is 0.885. The number of nitrogens with zero attached hydrogens (tertiary/aromatic N) is 5. The molecule has 0 radical (unpaired) electrons. The summed E-state index contributed by atoms with van der Waals surface area (Å²) in [7, 11) is 0. The Hall–Kier alpha value is -2.39. The number of fused-ring (bicyclic) bond motifs is 1. The van der Waals surface area contributed by atoms with E-state index in [1.807, 2.05) is 56.9 Å². The van der Waals surface area contributed by atoms with E-state index in [0.717, 1.165) is 62.3 Å². The third-order valence-corrected chi connectivity index (χ3v) is 6.71. The highest BCUT2D eigenvalue weighted by molar-refractivity contribution is 6.99. The normalized spacial score (nSPS) is 22.5. The number of benzene rings is 1. The molecule has 0 unspecified atom stereocenters. The van der Waals surface area contributed by atoms with Gasteiger partial charge < -0.3 is 14.4 Å². The van der Waals surface area contributed by atoms with Gasteiger partial charge in [-0.15, -0.1) is 0 Å². The Balaban J connectivity index is 0.00000119. The second-order valence-corrected chi connectivity index (χ2v) is 9.32. The molecule has 2 aromatic rings. The fourth-order valence-corrected chi connectivity index (χ4v) is 4.87. The Bertz CT molecular complexity index is 926. The van der Waals surface area contributed by atoms with Crippen molar-refractivity contribution in [3.63, 3.8) is 0 Å². The van der Waals surface area contributed by atoms with E-state index in [4.69, 9.17) is 9.47 Å². The van der Waals surface area contributed by atoms with Crippen LogP contribution in [0.3, 0.4) is 0 Å². The summed E-state index contributed by atoms with van der Waals surface area (Å²) in [6.45, 7) is 13.7. The van der Waals surface area contributed by atoms with Crippen molar-refractivity contribution in [2.24, 2.45) is 5.41 Å². The number of carbonyl (C=O) groups excluding carboxylic acids is 1. The maximum atomic E-state index is 12.7. The first-order valence-electron chi connectivity index (χ1n) is 11.5. The summed E-state index contributed by atoms with van der Waals surface area (Å²) in [5, 5.41) is 0. The van der Waals surface area contributed by atoms with E-state index >= 15 is 0 Å². The summed E-state index contributed by atoms with van der Waals surface area (Å²) in [6, 6.07) is 7.82. The van der Waals surface area contributed by atoms with Crippen molar-refractivity contribution < 1.29 is 14.3 Å². The topological polar surface area (TPSA) is 71.0 Å². The van der Waals surface area contributed by atoms with Crippen LogP contribution in [0.15, 0.2) is 24.3 Å². The van der Waals surface area contributed by atoms with Gasteiger partial charge in [0.25, 0.3) is 0 Å². The molecule has 0 aliphatic carbocycles. The molecule has 32 heavy (non-hydrogen) atoms. The van der Waals surface area contributed by atoms with Crippen LogP contribution in [0.25, 0.3) is 0 Å². The quantitative estimate of drug-likeness (QED) is 0.695. The number of hydrogen-bond acceptors (Lipinski definition) is 8. The van der Waals surface area contributed by atoms with Gasteiger partial charge in [-0.05, 0) is 18.6 Å². The lowest BCUT2D eigenvalue weighted by molar-refractivity contribution is -0.124. The Kier molecular flexibility index (Phi) is 6.85. The minimum Gasteiger partial charge on any atom is -0.486 e. The molecule has 5 rings (SSSR count). The Morgan fingerprint density at radius 1 is 1.03 bits per heavy atom. The molecule has 2 fully saturated rings. The van der Waals surface area contributed by atoms with Crippen LogP contribution in [-0.4, -0.2) is 71.5 Å². The minimum atomic E-state index is -0.319. The second-order valence-electron chi connectivity index (χ2n) is 8.79. The van der Waals surface area contributed by atoms with Crippen LogP contribution in [0.2, 0.25) is 0 Å². The van der Waals surface area contributed by atoms with E-state index in [1.165, 1.54) is 11.7 Å². The van der Waals surface area contributed by atoms with Crippen molar-refractivity contribution >= 4 is 29.3 Å². The monoisotopic (exact) mass is 459 g/mol. The maximum Gasteiger partial charge on any atom is 0.233 e. The molecule has 4 heterocycles. The number of piperazine rings is 1. The smallest absolute Gasteiger partial charge is 0.233 e. The van der Waals surface area contributed by atoms with E-state index < -0.39 is 0 Å². The number of ether oxygens (including phenoxy) is 2. The fraction of sp³-hybridized carbons (Fsp3) is 0.609. The Morgan fingerprint density at radius 2 is 1.72 bits per heavy atom. The molecule has 0 spiro atoms. The molecule has 0 saturated carbocycles. The van der Waals surface area contributed by atoms with Crippen molar-refractivity contribution in [3.8, 4) is 11.5 Å². The van der Waals surface area contributed by atoms with Crippen molar-refractivity contribution in [2.75, 3.05) is 55.7 Å². The molecular weight excluding hydrogens is 426 g/mol. The zero-order valence-electron chi connectivity index (χ0n) is 19.4. The number of carbonyl (C=O) groups is 1. The Labute approximate surface area is 194 Å². The zero-order chi connectivity index (χ0) is 22.7. The van der Waals surface area contributed by atoms with E-state index in [2.05, 4.69) is 18.5 Å². The first kappa shape index (κ1) is 22.8. The third-order valence-electron chi connectivity index (χ3n) is 6.20. The molecule has 0 bridgehead atoms. The predicted octanol–water partition coefficient (Wildman–Crippen LogP) is 3.29. The molecular formula is C23H33N5O3S. The van der Waals surface area contributed by atoms with Crippen LogP contribution in [-0.2, 0) is 4.79 Å². The van der Waals surface area contributed by atoms with Crippen molar-refractivity contribution in [3.05, 3.63) is 24.3 Å². The van der Waals surface area contributed by atoms with Crippen molar-refractivity contribution in [2.45, 2.75) is 40.2 Å². The van der Waals surface area contributed by atoms with E-state index in [1.54, 1.807) is 0 Å².